The second-order valence-corrected chi connectivity index (χ2v) is 6.48. The van der Waals surface area contributed by atoms with Gasteiger partial charge in [0.25, 0.3) is 0 Å². The van der Waals surface area contributed by atoms with Crippen LogP contribution in [0.5, 0.6) is 0 Å². The van der Waals surface area contributed by atoms with Crippen molar-refractivity contribution in [3.05, 3.63) is 82.9 Å². The number of nitrogens with two attached hydrogens (primary N) is 1. The summed E-state index contributed by atoms with van der Waals surface area (Å²) >= 11 is 6.01. The number of benzene rings is 3. The van der Waals surface area contributed by atoms with E-state index in [4.69, 9.17) is 22.9 Å². The predicted octanol–water partition coefficient (Wildman–Crippen LogP) is 5.15. The molecule has 0 saturated heterocycles. The molecule has 3 aromatic carbocycles. The van der Waals surface area contributed by atoms with Crippen LogP contribution in [0.15, 0.2) is 77.1 Å². The van der Waals surface area contributed by atoms with Gasteiger partial charge >= 0.3 is 0 Å². The lowest BCUT2D eigenvalue weighted by molar-refractivity contribution is 0.869. The highest BCUT2D eigenvalue weighted by atomic mass is 35.5. The molecule has 0 spiro atoms. The zero-order valence-electron chi connectivity index (χ0n) is 13.9. The summed E-state index contributed by atoms with van der Waals surface area (Å²) in [5, 5.41) is 9.62. The Morgan fingerprint density at radius 1 is 0.962 bits per heavy atom. The second-order valence-electron chi connectivity index (χ2n) is 6.05. The van der Waals surface area contributed by atoms with Crippen LogP contribution in [0.4, 0.5) is 0 Å². The van der Waals surface area contributed by atoms with E-state index >= 15 is 0 Å². The van der Waals surface area contributed by atoms with Crippen LogP contribution in [-0.2, 0) is 6.54 Å². The number of fused-ring (bicyclic) bond motifs is 3. The van der Waals surface area contributed by atoms with Crippen molar-refractivity contribution < 1.29 is 0 Å². The van der Waals surface area contributed by atoms with Gasteiger partial charge in [-0.2, -0.15) is 5.53 Å². The Hall–Kier alpha value is -3.18. The lowest BCUT2D eigenvalue weighted by Crippen LogP contribution is -2.12. The molecule has 0 aliphatic rings. The highest BCUT2D eigenvalue weighted by Gasteiger charge is 2.12. The first kappa shape index (κ1) is 16.3. The van der Waals surface area contributed by atoms with Gasteiger partial charge in [0.2, 0.25) is 0 Å². The van der Waals surface area contributed by atoms with Crippen LogP contribution in [0.2, 0.25) is 5.02 Å². The molecule has 0 unspecified atom stereocenters. The molecule has 0 radical (unpaired) electrons. The van der Waals surface area contributed by atoms with Crippen molar-refractivity contribution in [3.63, 3.8) is 0 Å². The zero-order valence-corrected chi connectivity index (χ0v) is 14.6. The lowest BCUT2D eigenvalue weighted by Gasteiger charge is -2.08. The molecule has 5 nitrogen and oxygen atoms in total. The largest absolute Gasteiger partial charge is 0.382 e. The highest BCUT2D eigenvalue weighted by Crippen LogP contribution is 2.30. The van der Waals surface area contributed by atoms with Gasteiger partial charge in [-0.1, -0.05) is 47.2 Å². The number of hydrogen-bond donors (Lipinski definition) is 2. The first-order valence-electron chi connectivity index (χ1n) is 8.13. The van der Waals surface area contributed by atoms with E-state index in [2.05, 4.69) is 27.0 Å². The van der Waals surface area contributed by atoms with Gasteiger partial charge in [-0.3, -0.25) is 0 Å². The number of hydrogen-bond acceptors (Lipinski definition) is 2. The summed E-state index contributed by atoms with van der Waals surface area (Å²) in [5.41, 5.74) is 17.0. The van der Waals surface area contributed by atoms with Crippen molar-refractivity contribution >= 4 is 39.2 Å². The minimum absolute atomic E-state index is 0.233. The van der Waals surface area contributed by atoms with Crippen LogP contribution in [0.1, 0.15) is 11.1 Å². The van der Waals surface area contributed by atoms with Gasteiger partial charge < -0.3 is 10.3 Å². The fourth-order valence-electron chi connectivity index (χ4n) is 3.27. The van der Waals surface area contributed by atoms with Gasteiger partial charge in [-0.05, 0) is 42.0 Å². The van der Waals surface area contributed by atoms with Gasteiger partial charge in [-0.15, -0.1) is 5.10 Å². The molecule has 0 fully saturated rings. The molecule has 0 bridgehead atoms. The van der Waals surface area contributed by atoms with Crippen LogP contribution in [-0.4, -0.2) is 10.4 Å². The maximum atomic E-state index is 6.86. The zero-order chi connectivity index (χ0) is 18.1. The maximum Gasteiger partial charge on any atom is 0.155 e. The first-order valence-corrected chi connectivity index (χ1v) is 8.51. The van der Waals surface area contributed by atoms with Gasteiger partial charge in [0.1, 0.15) is 0 Å². The molecule has 0 saturated carbocycles. The lowest BCUT2D eigenvalue weighted by atomic mass is 10.1. The van der Waals surface area contributed by atoms with E-state index in [1.165, 1.54) is 5.56 Å². The summed E-state index contributed by atoms with van der Waals surface area (Å²) in [5.74, 6) is 0.233. The normalized spacial score (nSPS) is 12.0. The molecule has 128 valence electrons. The highest BCUT2D eigenvalue weighted by molar-refractivity contribution is 6.30. The number of rotatable bonds is 4. The molecular formula is C20H16ClN5. The van der Waals surface area contributed by atoms with E-state index in [1.54, 1.807) is 0 Å². The van der Waals surface area contributed by atoms with Gasteiger partial charge in [0.15, 0.2) is 5.84 Å². The fourth-order valence-corrected chi connectivity index (χ4v) is 3.39. The molecule has 4 aromatic rings. The van der Waals surface area contributed by atoms with Gasteiger partial charge in [0.05, 0.1) is 0 Å². The third-order valence-electron chi connectivity index (χ3n) is 4.48. The number of nitrogens with zero attached hydrogens (tertiary/aromatic N) is 3. The Labute approximate surface area is 155 Å². The standard InChI is InChI=1S/C20H16ClN5/c21-15-8-5-13(6-9-15)12-26-18-4-2-1-3-16(18)17-11-14(7-10-19(17)26)20(22)24-25-23/h1-11H,12H2,(H3,22,23,24). The van der Waals surface area contributed by atoms with Crippen LogP contribution in [0, 0.1) is 5.53 Å². The summed E-state index contributed by atoms with van der Waals surface area (Å²) in [7, 11) is 0. The van der Waals surface area contributed by atoms with Crippen LogP contribution in [0.3, 0.4) is 0 Å². The third kappa shape index (κ3) is 2.82. The molecule has 26 heavy (non-hydrogen) atoms. The predicted molar refractivity (Wildman–Crippen MR) is 106 cm³/mol. The van der Waals surface area contributed by atoms with E-state index in [0.29, 0.717) is 0 Å². The average molecular weight is 362 g/mol. The quantitative estimate of drug-likeness (QED) is 0.224. The summed E-state index contributed by atoms with van der Waals surface area (Å²) in [6, 6.07) is 22.1. The summed E-state index contributed by atoms with van der Waals surface area (Å²) in [6.45, 7) is 0.742. The number of para-hydroxylation sites is 1. The van der Waals surface area contributed by atoms with Crippen molar-refractivity contribution in [2.75, 3.05) is 0 Å². The Morgan fingerprint density at radius 2 is 1.69 bits per heavy atom. The van der Waals surface area contributed by atoms with Crippen LogP contribution < -0.4 is 5.73 Å². The molecule has 0 atom stereocenters. The Kier molecular flexibility index (Phi) is 4.14. The van der Waals surface area contributed by atoms with E-state index in [9.17, 15) is 0 Å². The monoisotopic (exact) mass is 361 g/mol. The minimum Gasteiger partial charge on any atom is -0.382 e. The molecule has 3 N–H and O–H groups in total. The molecule has 1 aromatic heterocycles. The van der Waals surface area contributed by atoms with E-state index in [-0.39, 0.29) is 5.84 Å². The third-order valence-corrected chi connectivity index (χ3v) is 4.73. The SMILES string of the molecule is N=NN=C(N)c1ccc2c(c1)c1ccccc1n2Cc1ccc(Cl)cc1. The van der Waals surface area contributed by atoms with Crippen molar-refractivity contribution in [3.8, 4) is 0 Å². The first-order chi connectivity index (χ1) is 12.7. The topological polar surface area (TPSA) is 79.5 Å². The van der Waals surface area contributed by atoms with Crippen molar-refractivity contribution in [2.45, 2.75) is 6.54 Å². The minimum atomic E-state index is 0.233. The average Bonchev–Trinajstić information content (AvgIpc) is 2.97. The fraction of sp³-hybridized carbons (Fsp3) is 0.0500. The molecular weight excluding hydrogens is 346 g/mol. The Bertz CT molecular complexity index is 1140. The number of amidine groups is 1. The molecule has 4 rings (SSSR count). The van der Waals surface area contributed by atoms with E-state index in [0.717, 1.165) is 38.9 Å². The molecule has 6 heteroatoms. The molecule has 0 aliphatic carbocycles. The van der Waals surface area contributed by atoms with E-state index < -0.39 is 0 Å². The van der Waals surface area contributed by atoms with Gasteiger partial charge in [-0.25, -0.2) is 0 Å². The van der Waals surface area contributed by atoms with Crippen LogP contribution >= 0.6 is 11.6 Å². The second kappa shape index (κ2) is 6.61. The molecule has 0 amide bonds. The van der Waals surface area contributed by atoms with Crippen molar-refractivity contribution in [1.82, 2.24) is 4.57 Å². The smallest absolute Gasteiger partial charge is 0.155 e. The Balaban J connectivity index is 1.92. The molecule has 0 aliphatic heterocycles. The summed E-state index contributed by atoms with van der Waals surface area (Å²) < 4.78 is 2.28. The van der Waals surface area contributed by atoms with Crippen molar-refractivity contribution in [2.24, 2.45) is 16.1 Å². The summed E-state index contributed by atoms with van der Waals surface area (Å²) in [6.07, 6.45) is 0. The number of nitrogens with one attached hydrogen (secondary N) is 1. The number of halogens is 1. The Morgan fingerprint density at radius 3 is 2.46 bits per heavy atom. The van der Waals surface area contributed by atoms with E-state index in [1.807, 2.05) is 54.6 Å². The number of aromatic nitrogens is 1. The summed E-state index contributed by atoms with van der Waals surface area (Å²) in [4.78, 5) is 0. The van der Waals surface area contributed by atoms with Gasteiger partial charge in [0, 0.05) is 38.9 Å². The molecule has 1 heterocycles. The maximum absolute atomic E-state index is 6.86. The van der Waals surface area contributed by atoms with Crippen molar-refractivity contribution in [1.29, 1.82) is 5.53 Å². The van der Waals surface area contributed by atoms with Crippen LogP contribution in [0.25, 0.3) is 21.8 Å².